The Morgan fingerprint density at radius 3 is 2.89 bits per heavy atom. The molecule has 0 bridgehead atoms. The minimum Gasteiger partial charge on any atom is -0.359 e. The van der Waals surface area contributed by atoms with Crippen molar-refractivity contribution in [3.63, 3.8) is 0 Å². The van der Waals surface area contributed by atoms with E-state index in [1.54, 1.807) is 12.1 Å². The molecule has 18 heavy (non-hydrogen) atoms. The van der Waals surface area contributed by atoms with Crippen LogP contribution in [0.4, 0.5) is 0 Å². The molecule has 0 saturated carbocycles. The lowest BCUT2D eigenvalue weighted by atomic mass is 10.3. The van der Waals surface area contributed by atoms with Crippen molar-refractivity contribution in [3.8, 4) is 0 Å². The first kappa shape index (κ1) is 12.5. The van der Waals surface area contributed by atoms with Gasteiger partial charge in [0.1, 0.15) is 5.52 Å². The molecule has 1 N–H and O–H groups in total. The second kappa shape index (κ2) is 4.73. The van der Waals surface area contributed by atoms with Gasteiger partial charge in [0.2, 0.25) is 5.91 Å². The summed E-state index contributed by atoms with van der Waals surface area (Å²) in [6.45, 7) is 0. The summed E-state index contributed by atoms with van der Waals surface area (Å²) < 4.78 is 28.7. The fourth-order valence-electron chi connectivity index (χ4n) is 1.49. The Bertz CT molecular complexity index is 677. The molecule has 1 heterocycles. The molecule has 0 saturated heterocycles. The maximum Gasteiger partial charge on any atom is 0.220 e. The van der Waals surface area contributed by atoms with E-state index in [1.807, 2.05) is 0 Å². The molecular weight excluding hydrogens is 258 g/mol. The molecule has 1 aromatic heterocycles. The van der Waals surface area contributed by atoms with E-state index in [1.165, 1.54) is 13.1 Å². The second-order valence-electron chi connectivity index (χ2n) is 3.63. The first-order valence-electron chi connectivity index (χ1n) is 5.19. The van der Waals surface area contributed by atoms with Gasteiger partial charge in [0.05, 0.1) is 10.6 Å². The average Bonchev–Trinajstić information content (AvgIpc) is 2.83. The quantitative estimate of drug-likeness (QED) is 0.846. The summed E-state index contributed by atoms with van der Waals surface area (Å²) in [6.07, 6.45) is -0.0967. The van der Waals surface area contributed by atoms with Crippen LogP contribution in [0.2, 0.25) is 0 Å². The lowest BCUT2D eigenvalue weighted by molar-refractivity contribution is -0.120. The van der Waals surface area contributed by atoms with Crippen molar-refractivity contribution in [2.24, 2.45) is 0 Å². The standard InChI is InChI=1S/C10H11N3O4S/c1-11-9(14)5-6-18(15,16)8-4-2-3-7-10(8)13-17-12-7/h2-4H,5-6H2,1H3,(H,11,14). The first-order valence-corrected chi connectivity index (χ1v) is 6.84. The van der Waals surface area contributed by atoms with Gasteiger partial charge < -0.3 is 5.32 Å². The fourth-order valence-corrected chi connectivity index (χ4v) is 2.89. The van der Waals surface area contributed by atoms with Gasteiger partial charge in [-0.2, -0.15) is 0 Å². The Kier molecular flexibility index (Phi) is 3.28. The van der Waals surface area contributed by atoms with Gasteiger partial charge in [-0.15, -0.1) is 0 Å². The van der Waals surface area contributed by atoms with Gasteiger partial charge in [0.25, 0.3) is 0 Å². The van der Waals surface area contributed by atoms with Crippen LogP contribution in [0.25, 0.3) is 11.0 Å². The van der Waals surface area contributed by atoms with Gasteiger partial charge in [-0.1, -0.05) is 6.07 Å². The summed E-state index contributed by atoms with van der Waals surface area (Å²) in [5, 5.41) is 9.51. The molecule has 96 valence electrons. The molecule has 1 amide bonds. The summed E-state index contributed by atoms with van der Waals surface area (Å²) in [4.78, 5) is 11.1. The number of carbonyl (C=O) groups excluding carboxylic acids is 1. The van der Waals surface area contributed by atoms with Crippen molar-refractivity contribution < 1.29 is 17.8 Å². The molecule has 0 fully saturated rings. The normalized spacial score (nSPS) is 11.6. The van der Waals surface area contributed by atoms with Crippen molar-refractivity contribution in [2.75, 3.05) is 12.8 Å². The van der Waals surface area contributed by atoms with Gasteiger partial charge in [-0.3, -0.25) is 4.79 Å². The SMILES string of the molecule is CNC(=O)CCS(=O)(=O)c1cccc2nonc12. The highest BCUT2D eigenvalue weighted by molar-refractivity contribution is 7.91. The van der Waals surface area contributed by atoms with E-state index in [2.05, 4.69) is 20.3 Å². The van der Waals surface area contributed by atoms with Crippen molar-refractivity contribution in [1.82, 2.24) is 15.6 Å². The van der Waals surface area contributed by atoms with E-state index < -0.39 is 9.84 Å². The summed E-state index contributed by atoms with van der Waals surface area (Å²) in [6, 6.07) is 4.58. The van der Waals surface area contributed by atoms with Crippen molar-refractivity contribution in [3.05, 3.63) is 18.2 Å². The number of carbonyl (C=O) groups is 1. The number of nitrogens with zero attached hydrogens (tertiary/aromatic N) is 2. The fraction of sp³-hybridized carbons (Fsp3) is 0.300. The zero-order chi connectivity index (χ0) is 13.2. The molecule has 8 heteroatoms. The Balaban J connectivity index is 2.35. The van der Waals surface area contributed by atoms with Gasteiger partial charge in [0, 0.05) is 13.5 Å². The van der Waals surface area contributed by atoms with E-state index in [4.69, 9.17) is 0 Å². The number of rotatable bonds is 4. The predicted octanol–water partition coefficient (Wildman–Crippen LogP) is 0.133. The third-order valence-corrected chi connectivity index (χ3v) is 4.20. The van der Waals surface area contributed by atoms with Crippen LogP contribution in [-0.4, -0.2) is 37.4 Å². The Labute approximate surface area is 103 Å². The van der Waals surface area contributed by atoms with E-state index in [-0.39, 0.29) is 28.5 Å². The number of fused-ring (bicyclic) bond motifs is 1. The monoisotopic (exact) mass is 269 g/mol. The molecule has 0 unspecified atom stereocenters. The Morgan fingerprint density at radius 1 is 1.39 bits per heavy atom. The largest absolute Gasteiger partial charge is 0.359 e. The van der Waals surface area contributed by atoms with Crippen molar-refractivity contribution in [2.45, 2.75) is 11.3 Å². The zero-order valence-electron chi connectivity index (χ0n) is 9.58. The van der Waals surface area contributed by atoms with Crippen LogP contribution in [0.1, 0.15) is 6.42 Å². The molecule has 0 radical (unpaired) electrons. The minimum atomic E-state index is -3.59. The third kappa shape index (κ3) is 2.33. The molecule has 0 spiro atoms. The minimum absolute atomic E-state index is 0.0325. The number of hydrogen-bond acceptors (Lipinski definition) is 6. The van der Waals surface area contributed by atoms with Gasteiger partial charge >= 0.3 is 0 Å². The Morgan fingerprint density at radius 2 is 2.17 bits per heavy atom. The Hall–Kier alpha value is -1.96. The van der Waals surface area contributed by atoms with Crippen molar-refractivity contribution in [1.29, 1.82) is 0 Å². The predicted molar refractivity (Wildman–Crippen MR) is 62.5 cm³/mol. The molecule has 2 aromatic rings. The number of benzene rings is 1. The van der Waals surface area contributed by atoms with E-state index in [0.29, 0.717) is 5.52 Å². The molecule has 0 atom stereocenters. The topological polar surface area (TPSA) is 102 Å². The molecule has 0 aliphatic heterocycles. The number of aromatic nitrogens is 2. The van der Waals surface area contributed by atoms with Gasteiger partial charge in [-0.25, -0.2) is 13.0 Å². The number of hydrogen-bond donors (Lipinski definition) is 1. The highest BCUT2D eigenvalue weighted by Gasteiger charge is 2.21. The van der Waals surface area contributed by atoms with Crippen LogP contribution in [0.3, 0.4) is 0 Å². The summed E-state index contributed by atoms with van der Waals surface area (Å²) >= 11 is 0. The molecule has 0 aliphatic rings. The van der Waals surface area contributed by atoms with E-state index in [0.717, 1.165) is 0 Å². The molecule has 2 rings (SSSR count). The first-order chi connectivity index (χ1) is 8.54. The van der Waals surface area contributed by atoms with E-state index in [9.17, 15) is 13.2 Å². The molecule has 7 nitrogen and oxygen atoms in total. The summed E-state index contributed by atoms with van der Waals surface area (Å²) in [5.74, 6) is -0.609. The molecular formula is C10H11N3O4S. The highest BCUT2D eigenvalue weighted by atomic mass is 32.2. The van der Waals surface area contributed by atoms with Gasteiger partial charge in [0.15, 0.2) is 15.4 Å². The van der Waals surface area contributed by atoms with Crippen molar-refractivity contribution >= 4 is 26.8 Å². The number of sulfone groups is 1. The van der Waals surface area contributed by atoms with Crippen LogP contribution < -0.4 is 5.32 Å². The molecule has 0 aliphatic carbocycles. The lowest BCUT2D eigenvalue weighted by Crippen LogP contribution is -2.21. The number of nitrogens with one attached hydrogen (secondary N) is 1. The molecule has 1 aromatic carbocycles. The smallest absolute Gasteiger partial charge is 0.220 e. The van der Waals surface area contributed by atoms with Gasteiger partial charge in [-0.05, 0) is 22.4 Å². The number of amides is 1. The maximum absolute atomic E-state index is 12.1. The summed E-state index contributed by atoms with van der Waals surface area (Å²) in [7, 11) is -2.13. The average molecular weight is 269 g/mol. The van der Waals surface area contributed by atoms with Crippen LogP contribution >= 0.6 is 0 Å². The summed E-state index contributed by atoms with van der Waals surface area (Å²) in [5.41, 5.74) is 0.561. The van der Waals surface area contributed by atoms with E-state index >= 15 is 0 Å². The third-order valence-electron chi connectivity index (χ3n) is 2.46. The second-order valence-corrected chi connectivity index (χ2v) is 5.71. The van der Waals surface area contributed by atoms with Crippen LogP contribution in [0.5, 0.6) is 0 Å². The lowest BCUT2D eigenvalue weighted by Gasteiger charge is -2.03. The van der Waals surface area contributed by atoms with Crippen LogP contribution in [0.15, 0.2) is 27.7 Å². The highest BCUT2D eigenvalue weighted by Crippen LogP contribution is 2.21. The van der Waals surface area contributed by atoms with Crippen LogP contribution in [-0.2, 0) is 14.6 Å². The maximum atomic E-state index is 12.1. The van der Waals surface area contributed by atoms with Crippen LogP contribution in [0, 0.1) is 0 Å². The zero-order valence-corrected chi connectivity index (χ0v) is 10.4.